The van der Waals surface area contributed by atoms with Gasteiger partial charge in [-0.1, -0.05) is 13.0 Å². The zero-order valence-electron chi connectivity index (χ0n) is 9.36. The van der Waals surface area contributed by atoms with Crippen molar-refractivity contribution in [3.05, 3.63) is 18.2 Å². The molecule has 1 heterocycles. The van der Waals surface area contributed by atoms with Crippen LogP contribution in [0, 0.1) is 0 Å². The lowest BCUT2D eigenvalue weighted by molar-refractivity contribution is 0.327. The summed E-state index contributed by atoms with van der Waals surface area (Å²) in [6.45, 7) is 5.27. The molecule has 0 aliphatic carbocycles. The van der Waals surface area contributed by atoms with Crippen molar-refractivity contribution in [3.63, 3.8) is 0 Å². The summed E-state index contributed by atoms with van der Waals surface area (Å²) in [6.07, 6.45) is 0.983. The van der Waals surface area contributed by atoms with Crippen LogP contribution in [0.15, 0.2) is 18.2 Å². The summed E-state index contributed by atoms with van der Waals surface area (Å²) in [7, 11) is 0. The Morgan fingerprint density at radius 2 is 2.27 bits per heavy atom. The molecule has 0 radical (unpaired) electrons. The highest BCUT2D eigenvalue weighted by Gasteiger charge is 2.04. The number of pyridine rings is 1. The molecule has 0 amide bonds. The molecule has 4 nitrogen and oxygen atoms in total. The molecule has 0 saturated heterocycles. The minimum Gasteiger partial charge on any atom is -0.478 e. The fraction of sp³-hybridized carbons (Fsp3) is 0.545. The first-order chi connectivity index (χ1) is 7.30. The Hall–Kier alpha value is -1.29. The van der Waals surface area contributed by atoms with Gasteiger partial charge in [0.05, 0.1) is 6.61 Å². The van der Waals surface area contributed by atoms with Crippen LogP contribution in [0.1, 0.15) is 20.3 Å². The summed E-state index contributed by atoms with van der Waals surface area (Å²) in [5, 5.41) is 3.26. The third kappa shape index (κ3) is 3.75. The van der Waals surface area contributed by atoms with E-state index >= 15 is 0 Å². The minimum absolute atomic E-state index is 0.273. The Kier molecular flexibility index (Phi) is 4.90. The molecular weight excluding hydrogens is 190 g/mol. The lowest BCUT2D eigenvalue weighted by Crippen LogP contribution is -2.28. The Morgan fingerprint density at radius 3 is 2.87 bits per heavy atom. The zero-order valence-corrected chi connectivity index (χ0v) is 9.36. The topological polar surface area (TPSA) is 60.2 Å². The van der Waals surface area contributed by atoms with Gasteiger partial charge in [0.1, 0.15) is 5.82 Å². The number of hydrogen-bond donors (Lipinski definition) is 2. The lowest BCUT2D eigenvalue weighted by Gasteiger charge is -2.15. The SMILES string of the molecule is CCOc1cccc(NC(CC)CN)n1. The van der Waals surface area contributed by atoms with Crippen molar-refractivity contribution in [1.82, 2.24) is 4.98 Å². The second-order valence-corrected chi connectivity index (χ2v) is 3.28. The van der Waals surface area contributed by atoms with E-state index in [1.165, 1.54) is 0 Å². The molecule has 15 heavy (non-hydrogen) atoms. The van der Waals surface area contributed by atoms with E-state index in [9.17, 15) is 0 Å². The van der Waals surface area contributed by atoms with Gasteiger partial charge in [-0.2, -0.15) is 4.98 Å². The van der Waals surface area contributed by atoms with Crippen LogP contribution in [0.2, 0.25) is 0 Å². The molecule has 1 aromatic rings. The Balaban J connectivity index is 2.64. The highest BCUT2D eigenvalue weighted by Crippen LogP contribution is 2.12. The van der Waals surface area contributed by atoms with Gasteiger partial charge in [0.25, 0.3) is 0 Å². The Labute approximate surface area is 90.8 Å². The maximum absolute atomic E-state index is 5.61. The van der Waals surface area contributed by atoms with Crippen LogP contribution in [0.25, 0.3) is 0 Å². The van der Waals surface area contributed by atoms with Crippen molar-refractivity contribution in [2.45, 2.75) is 26.3 Å². The molecule has 1 unspecified atom stereocenters. The van der Waals surface area contributed by atoms with Gasteiger partial charge in [-0.3, -0.25) is 0 Å². The molecule has 0 aliphatic heterocycles. The number of hydrogen-bond acceptors (Lipinski definition) is 4. The van der Waals surface area contributed by atoms with Gasteiger partial charge in [0, 0.05) is 18.7 Å². The van der Waals surface area contributed by atoms with E-state index in [0.717, 1.165) is 12.2 Å². The normalized spacial score (nSPS) is 12.2. The van der Waals surface area contributed by atoms with Crippen LogP contribution >= 0.6 is 0 Å². The fourth-order valence-corrected chi connectivity index (χ4v) is 1.26. The van der Waals surface area contributed by atoms with E-state index < -0.39 is 0 Å². The van der Waals surface area contributed by atoms with E-state index in [1.807, 2.05) is 25.1 Å². The van der Waals surface area contributed by atoms with Crippen molar-refractivity contribution in [2.75, 3.05) is 18.5 Å². The largest absolute Gasteiger partial charge is 0.478 e. The van der Waals surface area contributed by atoms with Gasteiger partial charge >= 0.3 is 0 Å². The van der Waals surface area contributed by atoms with Gasteiger partial charge in [0.15, 0.2) is 0 Å². The molecule has 3 N–H and O–H groups in total. The van der Waals surface area contributed by atoms with E-state index in [0.29, 0.717) is 19.0 Å². The summed E-state index contributed by atoms with van der Waals surface area (Å²) < 4.78 is 5.31. The molecule has 84 valence electrons. The number of nitrogens with one attached hydrogen (secondary N) is 1. The summed E-state index contributed by atoms with van der Waals surface area (Å²) in [5.74, 6) is 1.47. The summed E-state index contributed by atoms with van der Waals surface area (Å²) in [6, 6.07) is 5.96. The van der Waals surface area contributed by atoms with Crippen LogP contribution < -0.4 is 15.8 Å². The maximum atomic E-state index is 5.61. The van der Waals surface area contributed by atoms with E-state index in [4.69, 9.17) is 10.5 Å². The third-order valence-corrected chi connectivity index (χ3v) is 2.15. The summed E-state index contributed by atoms with van der Waals surface area (Å²) in [4.78, 5) is 4.31. The first kappa shape index (κ1) is 11.8. The van der Waals surface area contributed by atoms with Crippen molar-refractivity contribution in [3.8, 4) is 5.88 Å². The highest BCUT2D eigenvalue weighted by molar-refractivity contribution is 5.38. The van der Waals surface area contributed by atoms with Crippen LogP contribution in [-0.4, -0.2) is 24.2 Å². The molecule has 0 fully saturated rings. The number of anilines is 1. The first-order valence-electron chi connectivity index (χ1n) is 5.36. The molecule has 0 bridgehead atoms. The molecule has 0 aromatic carbocycles. The second-order valence-electron chi connectivity index (χ2n) is 3.28. The zero-order chi connectivity index (χ0) is 11.1. The quantitative estimate of drug-likeness (QED) is 0.747. The van der Waals surface area contributed by atoms with Gasteiger partial charge in [-0.25, -0.2) is 0 Å². The van der Waals surface area contributed by atoms with Crippen LogP contribution in [0.4, 0.5) is 5.82 Å². The van der Waals surface area contributed by atoms with Gasteiger partial charge in [-0.15, -0.1) is 0 Å². The molecule has 0 aliphatic rings. The number of nitrogens with zero attached hydrogens (tertiary/aromatic N) is 1. The third-order valence-electron chi connectivity index (χ3n) is 2.15. The van der Waals surface area contributed by atoms with E-state index in [2.05, 4.69) is 17.2 Å². The van der Waals surface area contributed by atoms with Gasteiger partial charge < -0.3 is 15.8 Å². The van der Waals surface area contributed by atoms with Crippen molar-refractivity contribution >= 4 is 5.82 Å². The summed E-state index contributed by atoms with van der Waals surface area (Å²) >= 11 is 0. The van der Waals surface area contributed by atoms with Gasteiger partial charge in [-0.05, 0) is 19.4 Å². The second kappa shape index (κ2) is 6.24. The van der Waals surface area contributed by atoms with Crippen molar-refractivity contribution < 1.29 is 4.74 Å². The Bertz CT molecular complexity index is 287. The predicted molar refractivity (Wildman–Crippen MR) is 62.2 cm³/mol. The van der Waals surface area contributed by atoms with Crippen molar-refractivity contribution in [2.24, 2.45) is 5.73 Å². The standard InChI is InChI=1S/C11H19N3O/c1-3-9(8-12)13-10-6-5-7-11(14-10)15-4-2/h5-7,9H,3-4,8,12H2,1-2H3,(H,13,14). The van der Waals surface area contributed by atoms with Crippen LogP contribution in [0.3, 0.4) is 0 Å². The van der Waals surface area contributed by atoms with Crippen LogP contribution in [-0.2, 0) is 0 Å². The molecule has 1 aromatic heterocycles. The molecule has 0 saturated carbocycles. The monoisotopic (exact) mass is 209 g/mol. The molecule has 1 atom stereocenters. The maximum Gasteiger partial charge on any atom is 0.215 e. The molecular formula is C11H19N3O. The van der Waals surface area contributed by atoms with Gasteiger partial charge in [0.2, 0.25) is 5.88 Å². The van der Waals surface area contributed by atoms with E-state index in [-0.39, 0.29) is 6.04 Å². The summed E-state index contributed by atoms with van der Waals surface area (Å²) in [5.41, 5.74) is 5.61. The first-order valence-corrected chi connectivity index (χ1v) is 5.36. The van der Waals surface area contributed by atoms with E-state index in [1.54, 1.807) is 0 Å². The molecule has 0 spiro atoms. The predicted octanol–water partition coefficient (Wildman–Crippen LogP) is 1.63. The number of aromatic nitrogens is 1. The minimum atomic E-state index is 0.273. The average molecular weight is 209 g/mol. The number of nitrogens with two attached hydrogens (primary N) is 1. The number of rotatable bonds is 6. The number of ether oxygens (including phenoxy) is 1. The highest BCUT2D eigenvalue weighted by atomic mass is 16.5. The van der Waals surface area contributed by atoms with Crippen LogP contribution in [0.5, 0.6) is 5.88 Å². The average Bonchev–Trinajstić information content (AvgIpc) is 2.27. The Morgan fingerprint density at radius 1 is 1.47 bits per heavy atom. The fourth-order valence-electron chi connectivity index (χ4n) is 1.26. The molecule has 1 rings (SSSR count). The molecule has 4 heteroatoms. The lowest BCUT2D eigenvalue weighted by atomic mass is 10.2. The smallest absolute Gasteiger partial charge is 0.215 e. The van der Waals surface area contributed by atoms with Crippen molar-refractivity contribution in [1.29, 1.82) is 0 Å².